The van der Waals surface area contributed by atoms with Crippen LogP contribution in [0.15, 0.2) is 65.3 Å². The average molecular weight is 522 g/mol. The van der Waals surface area contributed by atoms with Gasteiger partial charge in [-0.15, -0.1) is 0 Å². The second kappa shape index (κ2) is 10.2. The number of imide groups is 1. The maximum Gasteiger partial charge on any atom is 0.283 e. The van der Waals surface area contributed by atoms with E-state index in [2.05, 4.69) is 10.6 Å². The number of aryl methyl sites for hydroxylation is 4. The van der Waals surface area contributed by atoms with Crippen LogP contribution in [-0.4, -0.2) is 17.7 Å². The molecule has 6 nitrogen and oxygen atoms in total. The summed E-state index contributed by atoms with van der Waals surface area (Å²) in [5.41, 5.74) is 6.52. The molecule has 4 rings (SSSR count). The molecule has 3 aromatic carbocycles. The normalized spacial score (nSPS) is 13.4. The number of carbonyl (C=O) groups is 3. The molecule has 8 heteroatoms. The first-order valence-corrected chi connectivity index (χ1v) is 12.1. The standard InChI is InChI=1S/C28H25Cl2N3O3/c1-15-11-17(3)25(18(4)12-15)32-23(34)13-19-6-8-20(9-7-19)31-26-24(30)27(35)33(28(26)36)21-10-5-16(2)22(29)14-21/h5-12,14,31H,13H2,1-4H3,(H,32,34). The fourth-order valence-corrected chi connectivity index (χ4v) is 4.55. The number of nitrogens with one attached hydrogen (secondary N) is 2. The minimum atomic E-state index is -0.626. The molecule has 0 aliphatic carbocycles. The Kier molecular flexibility index (Phi) is 7.20. The Labute approximate surface area is 219 Å². The van der Waals surface area contributed by atoms with Gasteiger partial charge >= 0.3 is 0 Å². The molecule has 0 aromatic heterocycles. The summed E-state index contributed by atoms with van der Waals surface area (Å²) in [6.07, 6.45) is 0.190. The Bertz CT molecular complexity index is 1410. The van der Waals surface area contributed by atoms with Crippen molar-refractivity contribution in [3.05, 3.63) is 98.2 Å². The Morgan fingerprint density at radius 2 is 1.47 bits per heavy atom. The monoisotopic (exact) mass is 521 g/mol. The van der Waals surface area contributed by atoms with Crippen LogP contribution in [0.1, 0.15) is 27.8 Å². The van der Waals surface area contributed by atoms with Crippen molar-refractivity contribution < 1.29 is 14.4 Å². The number of nitrogens with zero attached hydrogens (tertiary/aromatic N) is 1. The summed E-state index contributed by atoms with van der Waals surface area (Å²) in [7, 11) is 0. The van der Waals surface area contributed by atoms with Crippen LogP contribution in [0.25, 0.3) is 0 Å². The van der Waals surface area contributed by atoms with Crippen LogP contribution in [-0.2, 0) is 20.8 Å². The Morgan fingerprint density at radius 1 is 0.833 bits per heavy atom. The van der Waals surface area contributed by atoms with Gasteiger partial charge in [-0.3, -0.25) is 14.4 Å². The topological polar surface area (TPSA) is 78.5 Å². The van der Waals surface area contributed by atoms with E-state index in [9.17, 15) is 14.4 Å². The zero-order valence-electron chi connectivity index (χ0n) is 20.3. The van der Waals surface area contributed by atoms with Crippen molar-refractivity contribution >= 4 is 58.0 Å². The molecule has 0 saturated heterocycles. The van der Waals surface area contributed by atoms with E-state index >= 15 is 0 Å². The van der Waals surface area contributed by atoms with Gasteiger partial charge in [0.1, 0.15) is 10.7 Å². The summed E-state index contributed by atoms with van der Waals surface area (Å²) >= 11 is 12.4. The minimum Gasteiger partial charge on any atom is -0.350 e. The summed E-state index contributed by atoms with van der Waals surface area (Å²) < 4.78 is 0. The molecule has 36 heavy (non-hydrogen) atoms. The molecular formula is C28H25Cl2N3O3. The van der Waals surface area contributed by atoms with Gasteiger partial charge in [0.25, 0.3) is 11.8 Å². The van der Waals surface area contributed by atoms with E-state index in [1.807, 2.05) is 39.8 Å². The molecule has 3 aromatic rings. The van der Waals surface area contributed by atoms with Crippen molar-refractivity contribution in [1.82, 2.24) is 0 Å². The number of amides is 3. The number of rotatable bonds is 6. The average Bonchev–Trinajstić information content (AvgIpc) is 3.02. The van der Waals surface area contributed by atoms with Crippen molar-refractivity contribution in [2.24, 2.45) is 0 Å². The summed E-state index contributed by atoms with van der Waals surface area (Å²) in [5, 5.41) is 6.17. The second-order valence-corrected chi connectivity index (χ2v) is 9.67. The molecule has 3 amide bonds. The number of benzene rings is 3. The van der Waals surface area contributed by atoms with Crippen LogP contribution in [0.5, 0.6) is 0 Å². The van der Waals surface area contributed by atoms with Crippen molar-refractivity contribution in [3.63, 3.8) is 0 Å². The summed E-state index contributed by atoms with van der Waals surface area (Å²) in [4.78, 5) is 39.3. The molecular weight excluding hydrogens is 497 g/mol. The lowest BCUT2D eigenvalue weighted by Crippen LogP contribution is -2.32. The van der Waals surface area contributed by atoms with Gasteiger partial charge < -0.3 is 10.6 Å². The number of carbonyl (C=O) groups excluding carboxylic acids is 3. The predicted octanol–water partition coefficient (Wildman–Crippen LogP) is 6.19. The van der Waals surface area contributed by atoms with Crippen LogP contribution < -0.4 is 15.5 Å². The van der Waals surface area contributed by atoms with Gasteiger partial charge in [0.15, 0.2) is 0 Å². The molecule has 0 atom stereocenters. The van der Waals surface area contributed by atoms with Gasteiger partial charge in [-0.2, -0.15) is 0 Å². The molecule has 0 spiro atoms. The summed E-state index contributed by atoms with van der Waals surface area (Å²) in [5.74, 6) is -1.32. The van der Waals surface area contributed by atoms with Gasteiger partial charge in [-0.05, 0) is 74.2 Å². The molecule has 0 radical (unpaired) electrons. The van der Waals surface area contributed by atoms with Crippen molar-refractivity contribution in [3.8, 4) is 0 Å². The molecule has 184 valence electrons. The molecule has 0 fully saturated rings. The van der Waals surface area contributed by atoms with Crippen molar-refractivity contribution in [2.45, 2.75) is 34.1 Å². The smallest absolute Gasteiger partial charge is 0.283 e. The maximum atomic E-state index is 13.0. The Hall–Kier alpha value is -3.61. The lowest BCUT2D eigenvalue weighted by atomic mass is 10.0. The highest BCUT2D eigenvalue weighted by atomic mass is 35.5. The van der Waals surface area contributed by atoms with E-state index in [1.165, 1.54) is 0 Å². The first kappa shape index (κ1) is 25.5. The number of halogens is 2. The Balaban J connectivity index is 1.44. The third kappa shape index (κ3) is 5.15. The fourth-order valence-electron chi connectivity index (χ4n) is 4.16. The molecule has 1 heterocycles. The van der Waals surface area contributed by atoms with E-state index < -0.39 is 11.8 Å². The summed E-state index contributed by atoms with van der Waals surface area (Å²) in [6.45, 7) is 7.80. The van der Waals surface area contributed by atoms with Gasteiger partial charge in [-0.1, -0.05) is 59.1 Å². The first-order chi connectivity index (χ1) is 17.0. The largest absolute Gasteiger partial charge is 0.350 e. The Morgan fingerprint density at radius 3 is 2.08 bits per heavy atom. The highest BCUT2D eigenvalue weighted by Gasteiger charge is 2.39. The van der Waals surface area contributed by atoms with E-state index in [0.29, 0.717) is 16.4 Å². The van der Waals surface area contributed by atoms with Crippen LogP contribution in [0.4, 0.5) is 17.1 Å². The van der Waals surface area contributed by atoms with E-state index in [0.717, 1.165) is 38.4 Å². The SMILES string of the molecule is Cc1cc(C)c(NC(=O)Cc2ccc(NC3=C(Cl)C(=O)N(c4ccc(C)c(Cl)c4)C3=O)cc2)c(C)c1. The van der Waals surface area contributed by atoms with Crippen molar-refractivity contribution in [2.75, 3.05) is 15.5 Å². The van der Waals surface area contributed by atoms with E-state index in [1.54, 1.807) is 42.5 Å². The zero-order valence-corrected chi connectivity index (χ0v) is 21.8. The molecule has 0 saturated carbocycles. The van der Waals surface area contributed by atoms with E-state index in [4.69, 9.17) is 23.2 Å². The van der Waals surface area contributed by atoms with Crippen LogP contribution >= 0.6 is 23.2 Å². The highest BCUT2D eigenvalue weighted by Crippen LogP contribution is 2.32. The minimum absolute atomic E-state index is 0.0193. The van der Waals surface area contributed by atoms with Crippen molar-refractivity contribution in [1.29, 1.82) is 0 Å². The molecule has 1 aliphatic heterocycles. The number of hydrogen-bond acceptors (Lipinski definition) is 4. The molecule has 1 aliphatic rings. The van der Waals surface area contributed by atoms with Crippen LogP contribution in [0.3, 0.4) is 0 Å². The fraction of sp³-hybridized carbons (Fsp3) is 0.179. The predicted molar refractivity (Wildman–Crippen MR) is 145 cm³/mol. The zero-order chi connectivity index (χ0) is 26.1. The van der Waals surface area contributed by atoms with Gasteiger partial charge in [0.2, 0.25) is 5.91 Å². The van der Waals surface area contributed by atoms with Gasteiger partial charge in [0.05, 0.1) is 12.1 Å². The highest BCUT2D eigenvalue weighted by molar-refractivity contribution is 6.53. The van der Waals surface area contributed by atoms with Gasteiger partial charge in [0, 0.05) is 16.4 Å². The lowest BCUT2D eigenvalue weighted by Gasteiger charge is -2.16. The van der Waals surface area contributed by atoms with E-state index in [-0.39, 0.29) is 23.1 Å². The first-order valence-electron chi connectivity index (χ1n) is 11.3. The molecule has 0 unspecified atom stereocenters. The quantitative estimate of drug-likeness (QED) is 0.379. The van der Waals surface area contributed by atoms with Crippen LogP contribution in [0.2, 0.25) is 5.02 Å². The number of hydrogen-bond donors (Lipinski definition) is 2. The number of anilines is 3. The van der Waals surface area contributed by atoms with Gasteiger partial charge in [-0.25, -0.2) is 4.90 Å². The van der Waals surface area contributed by atoms with Crippen LogP contribution in [0, 0.1) is 27.7 Å². The maximum absolute atomic E-state index is 13.0. The summed E-state index contributed by atoms with van der Waals surface area (Å²) in [6, 6.07) is 16.0. The molecule has 2 N–H and O–H groups in total. The molecule has 0 bridgehead atoms. The lowest BCUT2D eigenvalue weighted by molar-refractivity contribution is -0.120. The second-order valence-electron chi connectivity index (χ2n) is 8.89. The third-order valence-electron chi connectivity index (χ3n) is 5.97. The third-order valence-corrected chi connectivity index (χ3v) is 6.73.